The largest absolute Gasteiger partial charge is 0.349 e. The standard InChI is InChI=1S/C11H18BrN3O/c1-4-15-7-9(12)5-10(15)11(16)14-6-8(2)13-3/h5,7-8,13H,4,6H2,1-3H3,(H,14,16). The summed E-state index contributed by atoms with van der Waals surface area (Å²) >= 11 is 3.37. The Labute approximate surface area is 105 Å². The minimum Gasteiger partial charge on any atom is -0.349 e. The Balaban J connectivity index is 2.65. The number of rotatable bonds is 5. The van der Waals surface area contributed by atoms with Crippen molar-refractivity contribution in [2.75, 3.05) is 13.6 Å². The molecule has 1 heterocycles. The SMILES string of the molecule is CCn1cc(Br)cc1C(=O)NCC(C)NC. The van der Waals surface area contributed by atoms with Gasteiger partial charge < -0.3 is 15.2 Å². The fourth-order valence-corrected chi connectivity index (χ4v) is 1.83. The monoisotopic (exact) mass is 287 g/mol. The fourth-order valence-electron chi connectivity index (χ4n) is 1.37. The van der Waals surface area contributed by atoms with Crippen LogP contribution in [-0.4, -0.2) is 30.1 Å². The number of nitrogens with one attached hydrogen (secondary N) is 2. The fraction of sp³-hybridized carbons (Fsp3) is 0.545. The summed E-state index contributed by atoms with van der Waals surface area (Å²) in [5.74, 6) is -0.0327. The molecule has 1 unspecified atom stereocenters. The molecule has 1 rings (SSSR count). The van der Waals surface area contributed by atoms with Crippen LogP contribution in [-0.2, 0) is 6.54 Å². The summed E-state index contributed by atoms with van der Waals surface area (Å²) < 4.78 is 2.85. The third-order valence-electron chi connectivity index (χ3n) is 2.50. The molecular formula is C11H18BrN3O. The van der Waals surface area contributed by atoms with Crippen LogP contribution in [0.1, 0.15) is 24.3 Å². The maximum Gasteiger partial charge on any atom is 0.267 e. The van der Waals surface area contributed by atoms with Gasteiger partial charge in [0.1, 0.15) is 5.69 Å². The zero-order valence-electron chi connectivity index (χ0n) is 9.88. The average Bonchev–Trinajstić information content (AvgIpc) is 2.66. The lowest BCUT2D eigenvalue weighted by Gasteiger charge is -2.12. The quantitative estimate of drug-likeness (QED) is 0.864. The summed E-state index contributed by atoms with van der Waals surface area (Å²) in [7, 11) is 1.88. The van der Waals surface area contributed by atoms with Crippen molar-refractivity contribution in [2.45, 2.75) is 26.4 Å². The van der Waals surface area contributed by atoms with Crippen LogP contribution in [0, 0.1) is 0 Å². The molecule has 0 saturated carbocycles. The number of aryl methyl sites for hydroxylation is 1. The normalized spacial score (nSPS) is 12.5. The van der Waals surface area contributed by atoms with Crippen molar-refractivity contribution >= 4 is 21.8 Å². The summed E-state index contributed by atoms with van der Waals surface area (Å²) in [6, 6.07) is 2.11. The summed E-state index contributed by atoms with van der Waals surface area (Å²) in [6.45, 7) is 5.45. The lowest BCUT2D eigenvalue weighted by Crippen LogP contribution is -2.37. The van der Waals surface area contributed by atoms with E-state index in [1.54, 1.807) is 0 Å². The third-order valence-corrected chi connectivity index (χ3v) is 2.93. The Morgan fingerprint density at radius 2 is 2.31 bits per heavy atom. The first-order valence-electron chi connectivity index (χ1n) is 5.39. The number of carbonyl (C=O) groups is 1. The van der Waals surface area contributed by atoms with Gasteiger partial charge in [0.25, 0.3) is 5.91 Å². The highest BCUT2D eigenvalue weighted by Gasteiger charge is 2.12. The van der Waals surface area contributed by atoms with Crippen LogP contribution in [0.5, 0.6) is 0 Å². The second-order valence-corrected chi connectivity index (χ2v) is 4.65. The van der Waals surface area contributed by atoms with Crippen LogP contribution < -0.4 is 10.6 Å². The van der Waals surface area contributed by atoms with Gasteiger partial charge >= 0.3 is 0 Å². The Morgan fingerprint density at radius 3 is 2.88 bits per heavy atom. The predicted molar refractivity (Wildman–Crippen MR) is 68.7 cm³/mol. The molecule has 16 heavy (non-hydrogen) atoms. The van der Waals surface area contributed by atoms with Gasteiger partial charge in [-0.2, -0.15) is 0 Å². The second-order valence-electron chi connectivity index (χ2n) is 3.73. The zero-order chi connectivity index (χ0) is 12.1. The molecule has 0 spiro atoms. The van der Waals surface area contributed by atoms with Crippen LogP contribution in [0.2, 0.25) is 0 Å². The number of hydrogen-bond donors (Lipinski definition) is 2. The molecule has 0 aliphatic rings. The molecular weight excluding hydrogens is 270 g/mol. The Kier molecular flexibility index (Phi) is 5.02. The van der Waals surface area contributed by atoms with E-state index in [1.807, 2.05) is 37.7 Å². The van der Waals surface area contributed by atoms with E-state index < -0.39 is 0 Å². The zero-order valence-corrected chi connectivity index (χ0v) is 11.5. The molecule has 1 amide bonds. The molecule has 1 atom stereocenters. The van der Waals surface area contributed by atoms with E-state index in [4.69, 9.17) is 0 Å². The van der Waals surface area contributed by atoms with Gasteiger partial charge in [-0.05, 0) is 42.9 Å². The van der Waals surface area contributed by atoms with Crippen LogP contribution in [0.15, 0.2) is 16.7 Å². The number of likely N-dealkylation sites (N-methyl/N-ethyl adjacent to an activating group) is 1. The third kappa shape index (κ3) is 3.35. The first-order valence-corrected chi connectivity index (χ1v) is 6.19. The molecule has 0 bridgehead atoms. The molecule has 0 aliphatic heterocycles. The van der Waals surface area contributed by atoms with Crippen molar-refractivity contribution in [2.24, 2.45) is 0 Å². The van der Waals surface area contributed by atoms with Gasteiger partial charge in [0, 0.05) is 29.8 Å². The molecule has 0 fully saturated rings. The first kappa shape index (κ1) is 13.3. The van der Waals surface area contributed by atoms with Crippen molar-refractivity contribution in [3.05, 3.63) is 22.4 Å². The van der Waals surface area contributed by atoms with E-state index in [0.29, 0.717) is 12.2 Å². The molecule has 2 N–H and O–H groups in total. The summed E-state index contributed by atoms with van der Waals surface area (Å²) in [5.41, 5.74) is 0.692. The maximum atomic E-state index is 11.9. The highest BCUT2D eigenvalue weighted by atomic mass is 79.9. The lowest BCUT2D eigenvalue weighted by molar-refractivity contribution is 0.0941. The Hall–Kier alpha value is -0.810. The van der Waals surface area contributed by atoms with Gasteiger partial charge in [0.05, 0.1) is 0 Å². The van der Waals surface area contributed by atoms with Gasteiger partial charge in [-0.1, -0.05) is 0 Å². The van der Waals surface area contributed by atoms with Gasteiger partial charge in [0.15, 0.2) is 0 Å². The van der Waals surface area contributed by atoms with Gasteiger partial charge in [-0.3, -0.25) is 4.79 Å². The minimum absolute atomic E-state index is 0.0327. The number of amides is 1. The number of nitrogens with zero attached hydrogens (tertiary/aromatic N) is 1. The molecule has 0 aliphatic carbocycles. The van der Waals surface area contributed by atoms with Crippen molar-refractivity contribution in [1.29, 1.82) is 0 Å². The highest BCUT2D eigenvalue weighted by molar-refractivity contribution is 9.10. The number of aromatic nitrogens is 1. The van der Waals surface area contributed by atoms with E-state index in [0.717, 1.165) is 11.0 Å². The smallest absolute Gasteiger partial charge is 0.267 e. The molecule has 5 heteroatoms. The maximum absolute atomic E-state index is 11.9. The first-order chi connectivity index (χ1) is 7.58. The van der Waals surface area contributed by atoms with Crippen molar-refractivity contribution in [3.8, 4) is 0 Å². The molecule has 90 valence electrons. The molecule has 0 aromatic carbocycles. The van der Waals surface area contributed by atoms with Crippen LogP contribution in [0.4, 0.5) is 0 Å². The van der Waals surface area contributed by atoms with Gasteiger partial charge in [-0.15, -0.1) is 0 Å². The van der Waals surface area contributed by atoms with Crippen molar-refractivity contribution < 1.29 is 4.79 Å². The van der Waals surface area contributed by atoms with Crippen molar-refractivity contribution in [1.82, 2.24) is 15.2 Å². The minimum atomic E-state index is -0.0327. The van der Waals surface area contributed by atoms with Crippen molar-refractivity contribution in [3.63, 3.8) is 0 Å². The molecule has 1 aromatic rings. The van der Waals surface area contributed by atoms with Crippen LogP contribution in [0.3, 0.4) is 0 Å². The Bertz CT molecular complexity index is 362. The number of halogens is 1. The van der Waals surface area contributed by atoms with Crippen LogP contribution in [0.25, 0.3) is 0 Å². The van der Waals surface area contributed by atoms with Gasteiger partial charge in [0.2, 0.25) is 0 Å². The molecule has 1 aromatic heterocycles. The van der Waals surface area contributed by atoms with Gasteiger partial charge in [-0.25, -0.2) is 0 Å². The Morgan fingerprint density at radius 1 is 1.62 bits per heavy atom. The van der Waals surface area contributed by atoms with E-state index in [9.17, 15) is 4.79 Å². The summed E-state index contributed by atoms with van der Waals surface area (Å²) in [5, 5.41) is 5.97. The number of hydrogen-bond acceptors (Lipinski definition) is 2. The highest BCUT2D eigenvalue weighted by Crippen LogP contribution is 2.14. The lowest BCUT2D eigenvalue weighted by atomic mass is 10.3. The molecule has 0 saturated heterocycles. The number of carbonyl (C=O) groups excluding carboxylic acids is 1. The van der Waals surface area contributed by atoms with E-state index in [-0.39, 0.29) is 11.9 Å². The topological polar surface area (TPSA) is 46.1 Å². The second kappa shape index (κ2) is 6.06. The van der Waals surface area contributed by atoms with E-state index >= 15 is 0 Å². The summed E-state index contributed by atoms with van der Waals surface area (Å²) in [4.78, 5) is 11.9. The molecule has 4 nitrogen and oxygen atoms in total. The molecule has 0 radical (unpaired) electrons. The average molecular weight is 288 g/mol. The van der Waals surface area contributed by atoms with E-state index in [1.165, 1.54) is 0 Å². The van der Waals surface area contributed by atoms with Crippen LogP contribution >= 0.6 is 15.9 Å². The van der Waals surface area contributed by atoms with E-state index in [2.05, 4.69) is 26.6 Å². The predicted octanol–water partition coefficient (Wildman–Crippen LogP) is 1.61. The summed E-state index contributed by atoms with van der Waals surface area (Å²) in [6.07, 6.45) is 1.91.